The lowest BCUT2D eigenvalue weighted by molar-refractivity contribution is -0.132. The first-order valence-electron chi connectivity index (χ1n) is 11.8. The minimum atomic E-state index is -0.231. The van der Waals surface area contributed by atoms with Gasteiger partial charge in [-0.05, 0) is 41.7 Å². The van der Waals surface area contributed by atoms with Gasteiger partial charge in [0.15, 0.2) is 0 Å². The monoisotopic (exact) mass is 450 g/mol. The van der Waals surface area contributed by atoms with Gasteiger partial charge in [-0.3, -0.25) is 14.5 Å². The number of rotatable bonds is 5. The van der Waals surface area contributed by atoms with Crippen LogP contribution in [0.15, 0.2) is 50.8 Å². The van der Waals surface area contributed by atoms with Crippen LogP contribution in [-0.2, 0) is 16.1 Å². The fourth-order valence-electron chi connectivity index (χ4n) is 5.01. The largest absolute Gasteiger partial charge is 0.340 e. The Morgan fingerprint density at radius 3 is 2.59 bits per heavy atom. The van der Waals surface area contributed by atoms with E-state index in [1.807, 2.05) is 11.0 Å². The molecule has 1 saturated heterocycles. The number of nitrogens with zero attached hydrogens (tertiary/aromatic N) is 4. The number of hydrogen-bond acceptors (Lipinski definition) is 5. The van der Waals surface area contributed by atoms with Gasteiger partial charge in [0.25, 0.3) is 5.91 Å². The molecule has 4 aliphatic rings. The van der Waals surface area contributed by atoms with Gasteiger partial charge in [0, 0.05) is 45.6 Å². The van der Waals surface area contributed by atoms with Crippen molar-refractivity contribution in [1.82, 2.24) is 9.80 Å². The highest BCUT2D eigenvalue weighted by Crippen LogP contribution is 2.46. The average molecular weight is 451 g/mol. The first-order valence-corrected chi connectivity index (χ1v) is 12.6. The summed E-state index contributed by atoms with van der Waals surface area (Å²) in [6.45, 7) is 4.20. The van der Waals surface area contributed by atoms with Crippen LogP contribution in [0.25, 0.3) is 0 Å². The number of carbonyl (C=O) groups is 2. The Labute approximate surface area is 193 Å². The third-order valence-electron chi connectivity index (χ3n) is 6.79. The van der Waals surface area contributed by atoms with Crippen molar-refractivity contribution >= 4 is 34.5 Å². The van der Waals surface area contributed by atoms with Crippen molar-refractivity contribution in [2.75, 3.05) is 26.2 Å². The van der Waals surface area contributed by atoms with E-state index in [2.05, 4.69) is 34.2 Å². The van der Waals surface area contributed by atoms with Crippen LogP contribution in [0.3, 0.4) is 0 Å². The third kappa shape index (κ3) is 4.74. The molecule has 2 amide bonds. The van der Waals surface area contributed by atoms with E-state index in [0.29, 0.717) is 18.7 Å². The number of hydrogen-bond donors (Lipinski definition) is 0. The van der Waals surface area contributed by atoms with Gasteiger partial charge >= 0.3 is 0 Å². The molecule has 32 heavy (non-hydrogen) atoms. The highest BCUT2D eigenvalue weighted by Gasteiger charge is 2.40. The summed E-state index contributed by atoms with van der Waals surface area (Å²) >= 11 is 1.69. The van der Waals surface area contributed by atoms with E-state index in [9.17, 15) is 9.59 Å². The highest BCUT2D eigenvalue weighted by molar-refractivity contribution is 8.17. The third-order valence-corrected chi connectivity index (χ3v) is 8.04. The maximum absolute atomic E-state index is 12.8. The van der Waals surface area contributed by atoms with E-state index in [4.69, 9.17) is 4.99 Å². The molecule has 5 rings (SSSR count). The number of allylic oxidation sites excluding steroid dienone is 1. The molecule has 0 radical (unpaired) electrons. The van der Waals surface area contributed by atoms with Crippen molar-refractivity contribution in [3.05, 3.63) is 46.4 Å². The second-order valence-corrected chi connectivity index (χ2v) is 10.1. The van der Waals surface area contributed by atoms with Crippen LogP contribution in [0.5, 0.6) is 0 Å². The lowest BCUT2D eigenvalue weighted by atomic mass is 9.94. The summed E-state index contributed by atoms with van der Waals surface area (Å²) in [7, 11) is 0. The molecule has 3 heterocycles. The number of thioether (sulfide) groups is 1. The normalized spacial score (nSPS) is 23.9. The summed E-state index contributed by atoms with van der Waals surface area (Å²) in [5.74, 6) is 0.355. The van der Waals surface area contributed by atoms with Crippen LogP contribution < -0.4 is 0 Å². The van der Waals surface area contributed by atoms with E-state index >= 15 is 0 Å². The van der Waals surface area contributed by atoms with Crippen molar-refractivity contribution < 1.29 is 9.59 Å². The molecule has 7 heteroatoms. The summed E-state index contributed by atoms with van der Waals surface area (Å²) < 4.78 is 0. The topological polar surface area (TPSA) is 65.3 Å². The summed E-state index contributed by atoms with van der Waals surface area (Å²) in [5.41, 5.74) is 2.57. The zero-order chi connectivity index (χ0) is 21.9. The number of amidine groups is 1. The van der Waals surface area contributed by atoms with Crippen LogP contribution >= 0.6 is 11.8 Å². The van der Waals surface area contributed by atoms with E-state index in [1.165, 1.54) is 28.9 Å². The van der Waals surface area contributed by atoms with Gasteiger partial charge in [-0.2, -0.15) is 4.99 Å². The van der Waals surface area contributed by atoms with Gasteiger partial charge < -0.3 is 4.90 Å². The summed E-state index contributed by atoms with van der Waals surface area (Å²) in [5, 5.41) is 0.897. The Balaban J connectivity index is 1.11. The first kappa shape index (κ1) is 21.6. The Kier molecular flexibility index (Phi) is 6.55. The quantitative estimate of drug-likeness (QED) is 0.679. The fourth-order valence-corrected chi connectivity index (χ4v) is 6.37. The van der Waals surface area contributed by atoms with Gasteiger partial charge in [-0.25, -0.2) is 4.99 Å². The smallest absolute Gasteiger partial charge is 0.261 e. The molecule has 0 N–H and O–H groups in total. The van der Waals surface area contributed by atoms with Crippen LogP contribution in [0.4, 0.5) is 0 Å². The zero-order valence-electron chi connectivity index (χ0n) is 18.5. The molecule has 0 saturated carbocycles. The highest BCUT2D eigenvalue weighted by atomic mass is 32.2. The lowest BCUT2D eigenvalue weighted by Gasteiger charge is -2.34. The molecule has 3 aliphatic heterocycles. The zero-order valence-corrected chi connectivity index (χ0v) is 19.3. The SMILES string of the molecule is O=C1N=C(CCC(=O)N2CCN(Cc3ccccc3)CC2)N=C2SC3=C(CCCCC3)C12. The van der Waals surface area contributed by atoms with Crippen molar-refractivity contribution in [1.29, 1.82) is 0 Å². The average Bonchev–Trinajstić information content (AvgIpc) is 3.00. The molecular weight excluding hydrogens is 420 g/mol. The molecule has 0 bridgehead atoms. The molecule has 1 aromatic rings. The Morgan fingerprint density at radius 2 is 1.78 bits per heavy atom. The van der Waals surface area contributed by atoms with Gasteiger partial charge in [0.1, 0.15) is 11.8 Å². The number of amides is 2. The Hall–Kier alpha value is -2.25. The minimum absolute atomic E-state index is 0.0774. The van der Waals surface area contributed by atoms with Crippen molar-refractivity contribution in [3.8, 4) is 0 Å². The van der Waals surface area contributed by atoms with Gasteiger partial charge in [0.2, 0.25) is 5.91 Å². The molecule has 1 atom stereocenters. The number of aliphatic imine (C=N–C) groups is 2. The molecule has 1 aromatic carbocycles. The molecule has 6 nitrogen and oxygen atoms in total. The maximum Gasteiger partial charge on any atom is 0.261 e. The van der Waals surface area contributed by atoms with Crippen LogP contribution in [0.2, 0.25) is 0 Å². The second kappa shape index (κ2) is 9.71. The predicted octanol–water partition coefficient (Wildman–Crippen LogP) is 4.03. The standard InChI is InChI=1S/C25H30N4O2S/c30-22(29-15-13-28(14-16-29)17-18-7-3-1-4-8-18)12-11-21-26-24(31)23-19-9-5-2-6-10-20(19)32-25(23)27-21/h1,3-4,7-8,23H,2,5-6,9-17H2. The van der Waals surface area contributed by atoms with Crippen molar-refractivity contribution in [2.45, 2.75) is 51.5 Å². The molecule has 1 aliphatic carbocycles. The number of fused-ring (bicyclic) bond motifs is 2. The van der Waals surface area contributed by atoms with Crippen LogP contribution in [0, 0.1) is 5.92 Å². The molecular formula is C25H30N4O2S. The maximum atomic E-state index is 12.8. The van der Waals surface area contributed by atoms with Crippen LogP contribution in [-0.4, -0.2) is 58.7 Å². The Bertz CT molecular complexity index is 977. The van der Waals surface area contributed by atoms with Gasteiger partial charge in [-0.1, -0.05) is 48.5 Å². The molecule has 0 aromatic heterocycles. The van der Waals surface area contributed by atoms with E-state index in [-0.39, 0.29) is 17.7 Å². The molecule has 0 spiro atoms. The molecule has 1 unspecified atom stereocenters. The van der Waals surface area contributed by atoms with Crippen molar-refractivity contribution in [3.63, 3.8) is 0 Å². The predicted molar refractivity (Wildman–Crippen MR) is 129 cm³/mol. The summed E-state index contributed by atoms with van der Waals surface area (Å²) in [6.07, 6.45) is 6.45. The Morgan fingerprint density at radius 1 is 1.00 bits per heavy atom. The van der Waals surface area contributed by atoms with Crippen LogP contribution in [0.1, 0.15) is 50.5 Å². The van der Waals surface area contributed by atoms with E-state index in [0.717, 1.165) is 57.0 Å². The van der Waals surface area contributed by atoms with Gasteiger partial charge in [-0.15, -0.1) is 0 Å². The first-order chi connectivity index (χ1) is 15.7. The number of piperazine rings is 1. The summed E-state index contributed by atoms with van der Waals surface area (Å²) in [6, 6.07) is 10.5. The minimum Gasteiger partial charge on any atom is -0.340 e. The van der Waals surface area contributed by atoms with Crippen molar-refractivity contribution in [2.24, 2.45) is 15.9 Å². The molecule has 168 valence electrons. The fraction of sp³-hybridized carbons (Fsp3) is 0.520. The van der Waals surface area contributed by atoms with Gasteiger partial charge in [0.05, 0.1) is 5.04 Å². The number of carbonyl (C=O) groups excluding carboxylic acids is 2. The van der Waals surface area contributed by atoms with E-state index < -0.39 is 0 Å². The second-order valence-electron chi connectivity index (χ2n) is 9.00. The summed E-state index contributed by atoms with van der Waals surface area (Å²) in [4.78, 5) is 40.2. The lowest BCUT2D eigenvalue weighted by Crippen LogP contribution is -2.48. The van der Waals surface area contributed by atoms with E-state index in [1.54, 1.807) is 11.8 Å². The number of benzene rings is 1. The molecule has 1 fully saturated rings.